The zero-order chi connectivity index (χ0) is 20.1. The Bertz CT molecular complexity index is 957. The number of alkyl halides is 1. The van der Waals surface area contributed by atoms with Crippen LogP contribution in [0.4, 0.5) is 8.78 Å². The minimum Gasteiger partial charge on any atom is -0.347 e. The maximum atomic E-state index is 14.8. The maximum Gasteiger partial charge on any atom is 0.245 e. The largest absolute Gasteiger partial charge is 0.347 e. The van der Waals surface area contributed by atoms with E-state index in [-0.39, 0.29) is 10.9 Å². The van der Waals surface area contributed by atoms with Crippen molar-refractivity contribution in [3.05, 3.63) is 34.9 Å². The van der Waals surface area contributed by atoms with Crippen LogP contribution in [0.25, 0.3) is 5.52 Å². The summed E-state index contributed by atoms with van der Waals surface area (Å²) in [5.74, 6) is -0.880. The lowest BCUT2D eigenvalue weighted by molar-refractivity contribution is -0.124. The second-order valence-corrected chi connectivity index (χ2v) is 8.22. The van der Waals surface area contributed by atoms with Crippen molar-refractivity contribution in [2.75, 3.05) is 0 Å². The van der Waals surface area contributed by atoms with E-state index in [1.54, 1.807) is 6.20 Å². The highest BCUT2D eigenvalue weighted by atomic mass is 35.5. The molecule has 1 amide bonds. The van der Waals surface area contributed by atoms with Crippen molar-refractivity contribution in [3.63, 3.8) is 0 Å². The van der Waals surface area contributed by atoms with Crippen molar-refractivity contribution in [2.24, 2.45) is 10.7 Å². The summed E-state index contributed by atoms with van der Waals surface area (Å²) in [6.45, 7) is 1.49. The number of halogens is 3. The molecule has 0 bridgehead atoms. The van der Waals surface area contributed by atoms with Crippen LogP contribution in [0, 0.1) is 5.82 Å². The number of nitrogens with one attached hydrogen (secondary N) is 1. The van der Waals surface area contributed by atoms with E-state index >= 15 is 0 Å². The number of carbonyl (C=O) groups excluding carboxylic acids is 1. The fourth-order valence-electron chi connectivity index (χ4n) is 4.14. The molecule has 0 aromatic carbocycles. The highest BCUT2D eigenvalue weighted by molar-refractivity contribution is 6.31. The molecule has 28 heavy (non-hydrogen) atoms. The van der Waals surface area contributed by atoms with Crippen LogP contribution in [-0.4, -0.2) is 45.0 Å². The highest BCUT2D eigenvalue weighted by Crippen LogP contribution is 2.32. The SMILES string of the molecule is CC1(F)CCCC(N)C1NC(=O)C1CCC(c2cnn3cc(F)c(Cl)cc23)=N1. The van der Waals surface area contributed by atoms with Gasteiger partial charge >= 0.3 is 0 Å². The molecule has 9 heteroatoms. The Morgan fingerprint density at radius 2 is 2.25 bits per heavy atom. The van der Waals surface area contributed by atoms with Crippen LogP contribution in [0.5, 0.6) is 0 Å². The second-order valence-electron chi connectivity index (χ2n) is 7.81. The lowest BCUT2D eigenvalue weighted by Crippen LogP contribution is -2.61. The van der Waals surface area contributed by atoms with Gasteiger partial charge in [0.15, 0.2) is 5.82 Å². The molecule has 1 aliphatic heterocycles. The topological polar surface area (TPSA) is 84.8 Å². The van der Waals surface area contributed by atoms with Gasteiger partial charge in [0, 0.05) is 17.3 Å². The molecule has 150 valence electrons. The van der Waals surface area contributed by atoms with Crippen molar-refractivity contribution in [3.8, 4) is 0 Å². The predicted molar refractivity (Wildman–Crippen MR) is 103 cm³/mol. The van der Waals surface area contributed by atoms with Gasteiger partial charge in [-0.05, 0) is 45.1 Å². The van der Waals surface area contributed by atoms with E-state index in [9.17, 15) is 13.6 Å². The molecule has 6 nitrogen and oxygen atoms in total. The minimum absolute atomic E-state index is 0.00402. The summed E-state index contributed by atoms with van der Waals surface area (Å²) in [6, 6.07) is -0.239. The van der Waals surface area contributed by atoms with Gasteiger partial charge in [0.1, 0.15) is 11.7 Å². The summed E-state index contributed by atoms with van der Waals surface area (Å²) in [6.07, 6.45) is 5.64. The van der Waals surface area contributed by atoms with E-state index in [0.717, 1.165) is 0 Å². The number of amides is 1. The average molecular weight is 410 g/mol. The molecular formula is C19H22ClF2N5O. The molecule has 3 N–H and O–H groups in total. The number of carbonyl (C=O) groups is 1. The van der Waals surface area contributed by atoms with Crippen molar-refractivity contribution >= 4 is 28.7 Å². The molecule has 0 saturated heterocycles. The van der Waals surface area contributed by atoms with E-state index in [1.807, 2.05) is 0 Å². The fourth-order valence-corrected chi connectivity index (χ4v) is 4.29. The third kappa shape index (κ3) is 3.39. The highest BCUT2D eigenvalue weighted by Gasteiger charge is 2.43. The van der Waals surface area contributed by atoms with Crippen LogP contribution >= 0.6 is 11.6 Å². The summed E-state index contributed by atoms with van der Waals surface area (Å²) < 4.78 is 29.8. The van der Waals surface area contributed by atoms with Gasteiger partial charge in [0.2, 0.25) is 5.91 Å². The Kier molecular flexibility index (Phi) is 4.87. The second kappa shape index (κ2) is 7.08. The number of rotatable bonds is 3. The standard InChI is InChI=1S/C19H22ClF2N5O/c1-19(22)6-2-3-13(23)17(19)26-18(28)15-5-4-14(25-15)10-8-24-27-9-12(21)11(20)7-16(10)27/h7-9,13,15,17H,2-6,23H2,1H3,(H,26,28). The monoisotopic (exact) mass is 409 g/mol. The number of aliphatic imine (C=N–C) groups is 1. The molecule has 3 heterocycles. The first-order chi connectivity index (χ1) is 13.3. The summed E-state index contributed by atoms with van der Waals surface area (Å²) >= 11 is 5.88. The number of aromatic nitrogens is 2. The molecule has 1 saturated carbocycles. The molecule has 4 atom stereocenters. The van der Waals surface area contributed by atoms with Crippen molar-refractivity contribution in [1.82, 2.24) is 14.9 Å². The Hall–Kier alpha value is -2.06. The van der Waals surface area contributed by atoms with Gasteiger partial charge in [-0.15, -0.1) is 0 Å². The summed E-state index contributed by atoms with van der Waals surface area (Å²) in [7, 11) is 0. The average Bonchev–Trinajstić information content (AvgIpc) is 3.25. The number of nitrogens with zero attached hydrogens (tertiary/aromatic N) is 3. The number of fused-ring (bicyclic) bond motifs is 1. The molecule has 0 spiro atoms. The van der Waals surface area contributed by atoms with Crippen LogP contribution in [-0.2, 0) is 4.79 Å². The van der Waals surface area contributed by atoms with Gasteiger partial charge < -0.3 is 11.1 Å². The Labute approximate surface area is 166 Å². The summed E-state index contributed by atoms with van der Waals surface area (Å²) in [5.41, 5.74) is 6.56. The third-order valence-electron chi connectivity index (χ3n) is 5.72. The van der Waals surface area contributed by atoms with Crippen LogP contribution in [0.1, 0.15) is 44.6 Å². The van der Waals surface area contributed by atoms with Crippen LogP contribution < -0.4 is 11.1 Å². The van der Waals surface area contributed by atoms with Crippen LogP contribution in [0.2, 0.25) is 5.02 Å². The van der Waals surface area contributed by atoms with Gasteiger partial charge in [0.05, 0.1) is 29.0 Å². The van der Waals surface area contributed by atoms with Gasteiger partial charge in [-0.2, -0.15) is 5.10 Å². The van der Waals surface area contributed by atoms with E-state index in [0.29, 0.717) is 48.9 Å². The smallest absolute Gasteiger partial charge is 0.245 e. The van der Waals surface area contributed by atoms with Gasteiger partial charge in [0.25, 0.3) is 0 Å². The van der Waals surface area contributed by atoms with Crippen LogP contribution in [0.3, 0.4) is 0 Å². The van der Waals surface area contributed by atoms with Crippen molar-refractivity contribution < 1.29 is 13.6 Å². The van der Waals surface area contributed by atoms with E-state index in [2.05, 4.69) is 15.4 Å². The zero-order valence-corrected chi connectivity index (χ0v) is 16.2. The van der Waals surface area contributed by atoms with Gasteiger partial charge in [-0.25, -0.2) is 13.3 Å². The minimum atomic E-state index is -1.53. The van der Waals surface area contributed by atoms with E-state index in [4.69, 9.17) is 17.3 Å². The van der Waals surface area contributed by atoms with Gasteiger partial charge in [-0.3, -0.25) is 9.79 Å². The summed E-state index contributed by atoms with van der Waals surface area (Å²) in [4.78, 5) is 17.2. The molecule has 2 aromatic heterocycles. The lowest BCUT2D eigenvalue weighted by atomic mass is 9.80. The van der Waals surface area contributed by atoms with E-state index in [1.165, 1.54) is 23.7 Å². The molecule has 1 aliphatic carbocycles. The molecule has 4 rings (SSSR count). The maximum absolute atomic E-state index is 14.8. The summed E-state index contributed by atoms with van der Waals surface area (Å²) in [5, 5.41) is 6.91. The Morgan fingerprint density at radius 1 is 1.46 bits per heavy atom. The number of pyridine rings is 1. The molecular weight excluding hydrogens is 388 g/mol. The predicted octanol–water partition coefficient (Wildman–Crippen LogP) is 2.80. The molecule has 2 aromatic rings. The molecule has 1 fully saturated rings. The lowest BCUT2D eigenvalue weighted by Gasteiger charge is -2.39. The molecule has 0 radical (unpaired) electrons. The first-order valence-electron chi connectivity index (χ1n) is 9.40. The fraction of sp³-hybridized carbons (Fsp3) is 0.526. The van der Waals surface area contributed by atoms with Crippen molar-refractivity contribution in [1.29, 1.82) is 0 Å². The van der Waals surface area contributed by atoms with Crippen molar-refractivity contribution in [2.45, 2.75) is 62.8 Å². The van der Waals surface area contributed by atoms with Gasteiger partial charge in [-0.1, -0.05) is 11.6 Å². The first kappa shape index (κ1) is 19.3. The number of hydrogen-bond donors (Lipinski definition) is 2. The van der Waals surface area contributed by atoms with Crippen LogP contribution in [0.15, 0.2) is 23.5 Å². The number of hydrogen-bond acceptors (Lipinski definition) is 4. The normalized spacial score (nSPS) is 30.5. The zero-order valence-electron chi connectivity index (χ0n) is 15.5. The Balaban J connectivity index is 1.54. The van der Waals surface area contributed by atoms with E-state index < -0.39 is 29.6 Å². The molecule has 2 aliphatic rings. The third-order valence-corrected chi connectivity index (χ3v) is 6.01. The Morgan fingerprint density at radius 3 is 3.00 bits per heavy atom. The number of nitrogens with two attached hydrogens (primary N) is 1. The first-order valence-corrected chi connectivity index (χ1v) is 9.78. The quantitative estimate of drug-likeness (QED) is 0.817. The molecule has 4 unspecified atom stereocenters.